The highest BCUT2D eigenvalue weighted by Crippen LogP contribution is 2.32. The summed E-state index contributed by atoms with van der Waals surface area (Å²) in [6, 6.07) is 18.9. The smallest absolute Gasteiger partial charge is 0.335 e. The molecule has 1 aromatic heterocycles. The first kappa shape index (κ1) is 29.2. The molecule has 218 valence electrons. The predicted molar refractivity (Wildman–Crippen MR) is 157 cm³/mol. The van der Waals surface area contributed by atoms with Gasteiger partial charge in [-0.3, -0.25) is 0 Å². The van der Waals surface area contributed by atoms with Crippen LogP contribution in [-0.4, -0.2) is 41.5 Å². The van der Waals surface area contributed by atoms with E-state index in [0.29, 0.717) is 63.8 Å². The number of nitrogens with zero attached hydrogens (tertiary/aromatic N) is 3. The zero-order valence-corrected chi connectivity index (χ0v) is 23.4. The van der Waals surface area contributed by atoms with Crippen LogP contribution >= 0.6 is 0 Å². The number of rotatable bonds is 11. The van der Waals surface area contributed by atoms with E-state index < -0.39 is 17.6 Å². The van der Waals surface area contributed by atoms with Crippen LogP contribution in [-0.2, 0) is 24.3 Å². The lowest BCUT2D eigenvalue weighted by Crippen LogP contribution is -2.10. The lowest BCUT2D eigenvalue weighted by molar-refractivity contribution is 0.0697. The number of methoxy groups -OCH3 is 2. The molecule has 43 heavy (non-hydrogen) atoms. The van der Waals surface area contributed by atoms with Crippen LogP contribution in [0.5, 0.6) is 11.5 Å². The summed E-state index contributed by atoms with van der Waals surface area (Å²) in [6.45, 7) is 7.74. The zero-order chi connectivity index (χ0) is 30.5. The number of carboxylic acid groups (broad SMARTS) is 1. The summed E-state index contributed by atoms with van der Waals surface area (Å²) in [5, 5.41) is 9.43. The number of aromatic nitrogens is 2. The number of halogens is 2. The van der Waals surface area contributed by atoms with Crippen LogP contribution in [0.4, 0.5) is 14.5 Å². The monoisotopic (exact) mass is 583 g/mol. The Labute approximate surface area is 246 Å². The maximum absolute atomic E-state index is 15.5. The van der Waals surface area contributed by atoms with Gasteiger partial charge in [0, 0.05) is 31.7 Å². The van der Waals surface area contributed by atoms with Crippen LogP contribution in [0.3, 0.4) is 0 Å². The molecular weight excluding hydrogens is 556 g/mol. The molecule has 0 atom stereocenters. The Balaban J connectivity index is 1.41. The highest BCUT2D eigenvalue weighted by Gasteiger charge is 2.16. The van der Waals surface area contributed by atoms with E-state index in [1.807, 2.05) is 4.57 Å². The standard InChI is InChI=1S/C33H27F2N3O5/c1-36-25-8-6-23(29(35)17-25)19-43-27-13-24(12-26(18-27)42-3)20-4-5-21(28(34)14-20)16-32-37-30-9-7-22(33(39)40)15-31(30)38(32)10-11-41-2/h4-9,12-15,17-18H,10-11,16,19H2,2-3H3,(H,39,40). The summed E-state index contributed by atoms with van der Waals surface area (Å²) in [4.78, 5) is 19.4. The van der Waals surface area contributed by atoms with E-state index in [1.165, 1.54) is 31.4 Å². The summed E-state index contributed by atoms with van der Waals surface area (Å²) in [5.41, 5.74) is 3.51. The van der Waals surface area contributed by atoms with Crippen LogP contribution in [0.15, 0.2) is 72.8 Å². The maximum atomic E-state index is 15.5. The van der Waals surface area contributed by atoms with Crippen LogP contribution in [0, 0.1) is 18.2 Å². The Hall–Kier alpha value is -5.27. The predicted octanol–water partition coefficient (Wildman–Crippen LogP) is 7.06. The summed E-state index contributed by atoms with van der Waals surface area (Å²) in [7, 11) is 3.07. The lowest BCUT2D eigenvalue weighted by atomic mass is 10.0. The molecule has 8 nitrogen and oxygen atoms in total. The minimum Gasteiger partial charge on any atom is -0.497 e. The average Bonchev–Trinajstić information content (AvgIpc) is 3.35. The molecular formula is C33H27F2N3O5. The van der Waals surface area contributed by atoms with Crippen molar-refractivity contribution in [3.8, 4) is 22.6 Å². The third-order valence-electron chi connectivity index (χ3n) is 7.00. The molecule has 1 N–H and O–H groups in total. The SMILES string of the molecule is [C-]#[N+]c1ccc(COc2cc(OC)cc(-c3ccc(Cc4nc5ccc(C(=O)O)cc5n4CCOC)c(F)c3)c2)c(F)c1. The number of ether oxygens (including phenoxy) is 3. The summed E-state index contributed by atoms with van der Waals surface area (Å²) >= 11 is 0. The molecule has 10 heteroatoms. The molecule has 0 bridgehead atoms. The number of hydrogen-bond donors (Lipinski definition) is 1. The van der Waals surface area contributed by atoms with Crippen molar-refractivity contribution >= 4 is 22.7 Å². The van der Waals surface area contributed by atoms with Gasteiger partial charge in [-0.2, -0.15) is 0 Å². The van der Waals surface area contributed by atoms with E-state index in [1.54, 1.807) is 49.6 Å². The second kappa shape index (κ2) is 12.7. The normalized spacial score (nSPS) is 11.0. The fraction of sp³-hybridized carbons (Fsp3) is 0.182. The molecule has 0 aliphatic rings. The summed E-state index contributed by atoms with van der Waals surface area (Å²) in [5.74, 6) is -0.560. The van der Waals surface area contributed by atoms with Gasteiger partial charge in [-0.1, -0.05) is 24.3 Å². The number of carbonyl (C=O) groups is 1. The molecule has 0 amide bonds. The number of carboxylic acids is 1. The molecule has 0 unspecified atom stereocenters. The van der Waals surface area contributed by atoms with Gasteiger partial charge in [0.05, 0.1) is 36.9 Å². The van der Waals surface area contributed by atoms with Gasteiger partial charge in [0.25, 0.3) is 0 Å². The quantitative estimate of drug-likeness (QED) is 0.168. The highest BCUT2D eigenvalue weighted by molar-refractivity contribution is 5.92. The molecule has 5 rings (SSSR count). The number of benzene rings is 4. The van der Waals surface area contributed by atoms with Crippen molar-refractivity contribution in [3.63, 3.8) is 0 Å². The maximum Gasteiger partial charge on any atom is 0.335 e. The van der Waals surface area contributed by atoms with Gasteiger partial charge in [0.15, 0.2) is 5.69 Å². The Morgan fingerprint density at radius 2 is 1.70 bits per heavy atom. The van der Waals surface area contributed by atoms with Gasteiger partial charge < -0.3 is 23.9 Å². The molecule has 0 saturated heterocycles. The third-order valence-corrected chi connectivity index (χ3v) is 7.00. The van der Waals surface area contributed by atoms with Crippen molar-refractivity contribution in [1.82, 2.24) is 9.55 Å². The Morgan fingerprint density at radius 1 is 0.930 bits per heavy atom. The first-order valence-electron chi connectivity index (χ1n) is 13.3. The number of fused-ring (bicyclic) bond motifs is 1. The van der Waals surface area contributed by atoms with Gasteiger partial charge in [-0.25, -0.2) is 23.4 Å². The van der Waals surface area contributed by atoms with Crippen molar-refractivity contribution in [2.45, 2.75) is 19.6 Å². The van der Waals surface area contributed by atoms with Gasteiger partial charge >= 0.3 is 5.97 Å². The third kappa shape index (κ3) is 6.47. The van der Waals surface area contributed by atoms with E-state index in [0.717, 1.165) is 6.07 Å². The topological polar surface area (TPSA) is 87.2 Å². The summed E-state index contributed by atoms with van der Waals surface area (Å²) in [6.07, 6.45) is 0.178. The molecule has 5 aromatic rings. The second-order valence-corrected chi connectivity index (χ2v) is 9.74. The first-order chi connectivity index (χ1) is 20.8. The van der Waals surface area contributed by atoms with Gasteiger partial charge in [-0.05, 0) is 59.2 Å². The van der Waals surface area contributed by atoms with Crippen molar-refractivity contribution in [2.75, 3.05) is 20.8 Å². The zero-order valence-electron chi connectivity index (χ0n) is 23.4. The molecule has 0 aliphatic carbocycles. The van der Waals surface area contributed by atoms with E-state index in [4.69, 9.17) is 20.8 Å². The fourth-order valence-corrected chi connectivity index (χ4v) is 4.74. The highest BCUT2D eigenvalue weighted by atomic mass is 19.1. The van der Waals surface area contributed by atoms with Crippen molar-refractivity contribution < 1.29 is 32.9 Å². The molecule has 0 aliphatic heterocycles. The van der Waals surface area contributed by atoms with E-state index in [-0.39, 0.29) is 24.3 Å². The Bertz CT molecular complexity index is 1860. The van der Waals surface area contributed by atoms with Crippen molar-refractivity contribution in [1.29, 1.82) is 0 Å². The molecule has 0 fully saturated rings. The molecule has 0 spiro atoms. The van der Waals surface area contributed by atoms with Crippen molar-refractivity contribution in [3.05, 3.63) is 118 Å². The Morgan fingerprint density at radius 3 is 2.40 bits per heavy atom. The van der Waals surface area contributed by atoms with Crippen LogP contribution in [0.25, 0.3) is 27.0 Å². The minimum atomic E-state index is -1.04. The number of hydrogen-bond acceptors (Lipinski definition) is 5. The fourth-order valence-electron chi connectivity index (χ4n) is 4.74. The van der Waals surface area contributed by atoms with Crippen LogP contribution in [0.1, 0.15) is 27.3 Å². The largest absolute Gasteiger partial charge is 0.497 e. The molecule has 4 aromatic carbocycles. The van der Waals surface area contributed by atoms with E-state index in [2.05, 4.69) is 9.83 Å². The minimum absolute atomic E-state index is 0.0674. The first-order valence-corrected chi connectivity index (χ1v) is 13.3. The average molecular weight is 584 g/mol. The Kier molecular flexibility index (Phi) is 8.64. The molecule has 0 radical (unpaired) electrons. The molecule has 1 heterocycles. The summed E-state index contributed by atoms with van der Waals surface area (Å²) < 4.78 is 48.2. The van der Waals surface area contributed by atoms with Crippen LogP contribution < -0.4 is 9.47 Å². The van der Waals surface area contributed by atoms with Gasteiger partial charge in [0.1, 0.15) is 35.6 Å². The van der Waals surface area contributed by atoms with Gasteiger partial charge in [-0.15, -0.1) is 0 Å². The number of imidazole rings is 1. The molecule has 0 saturated carbocycles. The van der Waals surface area contributed by atoms with E-state index >= 15 is 4.39 Å². The van der Waals surface area contributed by atoms with Crippen LogP contribution in [0.2, 0.25) is 0 Å². The lowest BCUT2D eigenvalue weighted by Gasteiger charge is -2.13. The second-order valence-electron chi connectivity index (χ2n) is 9.74. The van der Waals surface area contributed by atoms with Crippen molar-refractivity contribution in [2.24, 2.45) is 0 Å². The van der Waals surface area contributed by atoms with Gasteiger partial charge in [0.2, 0.25) is 0 Å². The van der Waals surface area contributed by atoms with E-state index in [9.17, 15) is 14.3 Å². The number of aromatic carboxylic acids is 1.